The van der Waals surface area contributed by atoms with Crippen LogP contribution in [-0.2, 0) is 6.54 Å². The van der Waals surface area contributed by atoms with E-state index < -0.39 is 0 Å². The number of anilines is 2. The molecule has 0 unspecified atom stereocenters. The fourth-order valence-electron chi connectivity index (χ4n) is 1.61. The van der Waals surface area contributed by atoms with Crippen LogP contribution in [0.25, 0.3) is 0 Å². The van der Waals surface area contributed by atoms with Gasteiger partial charge in [0.15, 0.2) is 5.16 Å². The Morgan fingerprint density at radius 3 is 2.63 bits per heavy atom. The minimum absolute atomic E-state index is 0.648. The number of hydrogen-bond acceptors (Lipinski definition) is 6. The zero-order chi connectivity index (χ0) is 13.7. The molecule has 19 heavy (non-hydrogen) atoms. The van der Waals surface area contributed by atoms with Crippen molar-refractivity contribution in [3.05, 3.63) is 35.7 Å². The van der Waals surface area contributed by atoms with Crippen molar-refractivity contribution in [3.8, 4) is 0 Å². The van der Waals surface area contributed by atoms with E-state index >= 15 is 0 Å². The lowest BCUT2D eigenvalue weighted by atomic mass is 10.3. The predicted molar refractivity (Wildman–Crippen MR) is 79.7 cm³/mol. The Balaban J connectivity index is 2.10. The summed E-state index contributed by atoms with van der Waals surface area (Å²) >= 11 is 1.52. The van der Waals surface area contributed by atoms with Crippen molar-refractivity contribution in [2.24, 2.45) is 0 Å². The van der Waals surface area contributed by atoms with E-state index in [1.54, 1.807) is 0 Å². The Hall–Kier alpha value is -1.82. The minimum Gasteiger partial charge on any atom is -0.373 e. The van der Waals surface area contributed by atoms with Gasteiger partial charge in [0.05, 0.1) is 12.2 Å². The number of pyridine rings is 1. The highest BCUT2D eigenvalue weighted by atomic mass is 32.2. The molecule has 0 aliphatic carbocycles. The molecule has 2 heterocycles. The van der Waals surface area contributed by atoms with Gasteiger partial charge >= 0.3 is 0 Å². The highest BCUT2D eigenvalue weighted by Gasteiger charge is 2.03. The molecule has 0 fully saturated rings. The second-order valence-corrected chi connectivity index (χ2v) is 4.77. The van der Waals surface area contributed by atoms with Crippen LogP contribution in [0.1, 0.15) is 11.4 Å². The van der Waals surface area contributed by atoms with Crippen molar-refractivity contribution in [3.63, 3.8) is 0 Å². The van der Waals surface area contributed by atoms with Crippen molar-refractivity contribution < 1.29 is 0 Å². The minimum atomic E-state index is 0.648. The second kappa shape index (κ2) is 6.38. The maximum absolute atomic E-state index is 4.45. The quantitative estimate of drug-likeness (QED) is 0.646. The number of thioether (sulfide) groups is 1. The van der Waals surface area contributed by atoms with E-state index in [0.717, 1.165) is 28.2 Å². The van der Waals surface area contributed by atoms with Crippen molar-refractivity contribution in [1.29, 1.82) is 0 Å². The van der Waals surface area contributed by atoms with Crippen LogP contribution in [0, 0.1) is 6.92 Å². The Bertz CT molecular complexity index is 536. The number of nitrogens with zero attached hydrogens (tertiary/aromatic N) is 3. The molecule has 0 atom stereocenters. The summed E-state index contributed by atoms with van der Waals surface area (Å²) in [6.45, 7) is 2.63. The molecule has 0 bridgehead atoms. The van der Waals surface area contributed by atoms with Gasteiger partial charge in [0.25, 0.3) is 0 Å². The Morgan fingerprint density at radius 1 is 1.16 bits per heavy atom. The Labute approximate surface area is 117 Å². The molecule has 0 aliphatic rings. The van der Waals surface area contributed by atoms with Crippen molar-refractivity contribution >= 4 is 23.4 Å². The first-order valence-electron chi connectivity index (χ1n) is 5.98. The van der Waals surface area contributed by atoms with Gasteiger partial charge in [0.1, 0.15) is 11.6 Å². The lowest BCUT2D eigenvalue weighted by molar-refractivity contribution is 0.943. The van der Waals surface area contributed by atoms with Gasteiger partial charge in [0.2, 0.25) is 0 Å². The highest BCUT2D eigenvalue weighted by Crippen LogP contribution is 2.17. The molecule has 6 heteroatoms. The molecule has 2 aromatic heterocycles. The largest absolute Gasteiger partial charge is 0.373 e. The van der Waals surface area contributed by atoms with E-state index in [1.165, 1.54) is 11.8 Å². The Morgan fingerprint density at radius 2 is 1.95 bits per heavy atom. The van der Waals surface area contributed by atoms with E-state index in [1.807, 2.05) is 44.5 Å². The fraction of sp³-hybridized carbons (Fsp3) is 0.308. The van der Waals surface area contributed by atoms with Crippen LogP contribution in [0.3, 0.4) is 0 Å². The molecule has 0 aromatic carbocycles. The van der Waals surface area contributed by atoms with Crippen LogP contribution in [-0.4, -0.2) is 28.3 Å². The van der Waals surface area contributed by atoms with Gasteiger partial charge < -0.3 is 10.6 Å². The van der Waals surface area contributed by atoms with Crippen LogP contribution in [0.4, 0.5) is 11.6 Å². The van der Waals surface area contributed by atoms with E-state index in [9.17, 15) is 0 Å². The number of nitrogens with one attached hydrogen (secondary N) is 2. The third-order valence-corrected chi connectivity index (χ3v) is 3.09. The first kappa shape index (κ1) is 13.6. The number of hydrogen-bond donors (Lipinski definition) is 2. The van der Waals surface area contributed by atoms with Gasteiger partial charge in [-0.25, -0.2) is 9.97 Å². The predicted octanol–water partition coefficient (Wildman–Crippen LogP) is 2.56. The number of rotatable bonds is 5. The van der Waals surface area contributed by atoms with Crippen LogP contribution in [0.5, 0.6) is 0 Å². The molecule has 0 aliphatic heterocycles. The number of aryl methyl sites for hydroxylation is 1. The summed E-state index contributed by atoms with van der Waals surface area (Å²) in [5.41, 5.74) is 2.01. The zero-order valence-corrected chi connectivity index (χ0v) is 12.1. The van der Waals surface area contributed by atoms with Crippen LogP contribution < -0.4 is 10.6 Å². The van der Waals surface area contributed by atoms with Gasteiger partial charge in [0, 0.05) is 18.8 Å². The molecular formula is C13H17N5S. The van der Waals surface area contributed by atoms with Crippen molar-refractivity contribution in [2.45, 2.75) is 18.6 Å². The molecule has 0 radical (unpaired) electrons. The second-order valence-electron chi connectivity index (χ2n) is 4.00. The standard InChI is InChI=1S/C13H17N5S/c1-9-5-4-6-10(16-9)8-15-12-7-11(14-2)17-13(18-12)19-3/h4-7H,8H2,1-3H3,(H2,14,15,17,18). The zero-order valence-electron chi connectivity index (χ0n) is 11.3. The monoisotopic (exact) mass is 275 g/mol. The molecule has 0 amide bonds. The third-order valence-electron chi connectivity index (χ3n) is 2.54. The first-order valence-corrected chi connectivity index (χ1v) is 7.21. The molecule has 100 valence electrons. The summed E-state index contributed by atoms with van der Waals surface area (Å²) in [6, 6.07) is 7.87. The third kappa shape index (κ3) is 3.82. The maximum Gasteiger partial charge on any atom is 0.191 e. The average molecular weight is 275 g/mol. The van der Waals surface area contributed by atoms with E-state index in [0.29, 0.717) is 6.54 Å². The molecule has 2 N–H and O–H groups in total. The molecule has 0 saturated heterocycles. The van der Waals surface area contributed by atoms with Crippen molar-refractivity contribution in [2.75, 3.05) is 23.9 Å². The van der Waals surface area contributed by atoms with E-state index in [-0.39, 0.29) is 0 Å². The summed E-state index contributed by atoms with van der Waals surface area (Å²) < 4.78 is 0. The number of aromatic nitrogens is 3. The van der Waals surface area contributed by atoms with Crippen LogP contribution in [0.2, 0.25) is 0 Å². The van der Waals surface area contributed by atoms with Crippen LogP contribution >= 0.6 is 11.8 Å². The molecule has 5 nitrogen and oxygen atoms in total. The fourth-order valence-corrected chi connectivity index (χ4v) is 1.99. The molecular weight excluding hydrogens is 258 g/mol. The van der Waals surface area contributed by atoms with Gasteiger partial charge in [-0.15, -0.1) is 0 Å². The summed E-state index contributed by atoms with van der Waals surface area (Å²) in [6.07, 6.45) is 1.96. The van der Waals surface area contributed by atoms with Crippen molar-refractivity contribution in [1.82, 2.24) is 15.0 Å². The average Bonchev–Trinajstić information content (AvgIpc) is 2.44. The SMILES string of the molecule is CNc1cc(NCc2cccc(C)n2)nc(SC)n1. The van der Waals surface area contributed by atoms with E-state index in [4.69, 9.17) is 0 Å². The topological polar surface area (TPSA) is 62.7 Å². The summed E-state index contributed by atoms with van der Waals surface area (Å²) in [5.74, 6) is 1.60. The van der Waals surface area contributed by atoms with Crippen LogP contribution in [0.15, 0.2) is 29.4 Å². The summed E-state index contributed by atoms with van der Waals surface area (Å²) in [4.78, 5) is 13.2. The van der Waals surface area contributed by atoms with Gasteiger partial charge in [-0.05, 0) is 25.3 Å². The summed E-state index contributed by atoms with van der Waals surface area (Å²) in [5, 5.41) is 7.04. The van der Waals surface area contributed by atoms with Gasteiger partial charge in [-0.2, -0.15) is 0 Å². The first-order chi connectivity index (χ1) is 9.21. The lowest BCUT2D eigenvalue weighted by Crippen LogP contribution is -2.06. The summed E-state index contributed by atoms with van der Waals surface area (Å²) in [7, 11) is 1.85. The maximum atomic E-state index is 4.45. The molecule has 2 rings (SSSR count). The van der Waals surface area contributed by atoms with E-state index in [2.05, 4.69) is 25.6 Å². The lowest BCUT2D eigenvalue weighted by Gasteiger charge is -2.08. The highest BCUT2D eigenvalue weighted by molar-refractivity contribution is 7.98. The van der Waals surface area contributed by atoms with Gasteiger partial charge in [-0.1, -0.05) is 17.8 Å². The normalized spacial score (nSPS) is 10.3. The smallest absolute Gasteiger partial charge is 0.191 e. The van der Waals surface area contributed by atoms with Gasteiger partial charge in [-0.3, -0.25) is 4.98 Å². The molecule has 0 saturated carbocycles. The molecule has 2 aromatic rings. The Kier molecular flexibility index (Phi) is 4.57. The molecule has 0 spiro atoms.